The highest BCUT2D eigenvalue weighted by Crippen LogP contribution is 2.23. The monoisotopic (exact) mass is 416 g/mol. The normalized spacial score (nSPS) is 11.0. The molecule has 0 unspecified atom stereocenters. The van der Waals surface area contributed by atoms with Gasteiger partial charge in [-0.25, -0.2) is 0 Å². The van der Waals surface area contributed by atoms with Crippen LogP contribution in [0, 0.1) is 11.8 Å². The third kappa shape index (κ3) is 6.78. The van der Waals surface area contributed by atoms with Crippen molar-refractivity contribution in [2.45, 2.75) is 32.9 Å². The Hall–Kier alpha value is -3.60. The van der Waals surface area contributed by atoms with Gasteiger partial charge in [-0.1, -0.05) is 24.0 Å². The Balaban J connectivity index is 1.53. The molecular weight excluding hydrogens is 397 g/mol. The van der Waals surface area contributed by atoms with Crippen LogP contribution in [0.25, 0.3) is 0 Å². The van der Waals surface area contributed by atoms with Crippen molar-refractivity contribution in [3.8, 4) is 23.3 Å². The zero-order chi connectivity index (χ0) is 21.6. The summed E-state index contributed by atoms with van der Waals surface area (Å²) in [5, 5.41) is 4.07. The van der Waals surface area contributed by atoms with Crippen LogP contribution < -0.4 is 14.3 Å². The van der Waals surface area contributed by atoms with Gasteiger partial charge in [-0.15, -0.1) is 23.1 Å². The number of hydrogen-bond donors (Lipinski definition) is 0. The molecule has 0 saturated carbocycles. The minimum Gasteiger partial charge on any atom is -0.489 e. The van der Waals surface area contributed by atoms with Crippen LogP contribution in [0.1, 0.15) is 30.5 Å². The van der Waals surface area contributed by atoms with Crippen molar-refractivity contribution in [3.05, 3.63) is 77.6 Å². The number of alkyl halides is 3. The highest BCUT2D eigenvalue weighted by atomic mass is 19.4. The fraction of sp³-hybridized carbons (Fsp3) is 0.227. The van der Waals surface area contributed by atoms with Crippen molar-refractivity contribution in [1.82, 2.24) is 9.94 Å². The molecule has 0 radical (unpaired) electrons. The average Bonchev–Trinajstić information content (AvgIpc) is 3.12. The molecule has 0 aliphatic rings. The third-order valence-electron chi connectivity index (χ3n) is 3.65. The van der Waals surface area contributed by atoms with E-state index in [1.807, 2.05) is 26.0 Å². The highest BCUT2D eigenvalue weighted by Gasteiger charge is 2.30. The molecule has 30 heavy (non-hydrogen) atoms. The maximum Gasteiger partial charge on any atom is 0.573 e. The summed E-state index contributed by atoms with van der Waals surface area (Å²) in [4.78, 5) is 6.80. The number of hydrogen-bond acceptors (Lipinski definition) is 4. The molecule has 0 aliphatic heterocycles. The van der Waals surface area contributed by atoms with E-state index in [9.17, 15) is 13.2 Å². The van der Waals surface area contributed by atoms with Crippen molar-refractivity contribution in [2.75, 3.05) is 0 Å². The van der Waals surface area contributed by atoms with Crippen molar-refractivity contribution in [1.29, 1.82) is 0 Å². The lowest BCUT2D eigenvalue weighted by Gasteiger charge is -2.10. The van der Waals surface area contributed by atoms with Gasteiger partial charge in [-0.05, 0) is 55.8 Å². The van der Waals surface area contributed by atoms with E-state index >= 15 is 0 Å². The molecule has 3 rings (SSSR count). The van der Waals surface area contributed by atoms with Gasteiger partial charge >= 0.3 is 6.36 Å². The fourth-order valence-electron chi connectivity index (χ4n) is 2.38. The SMILES string of the molecule is CC(C)On1cc(C#Cc2ccc(OCc3ccc(OC(F)(F)F)cc3)cc2)cn1. The number of halogens is 3. The molecule has 0 saturated heterocycles. The summed E-state index contributed by atoms with van der Waals surface area (Å²) in [5.41, 5.74) is 2.25. The molecule has 0 spiro atoms. The summed E-state index contributed by atoms with van der Waals surface area (Å²) in [6.07, 6.45) is -1.36. The molecule has 0 atom stereocenters. The standard InChI is InChI=1S/C22H19F3N2O3/c1-16(2)30-27-14-19(13-26-27)4-3-17-5-9-20(10-6-17)28-15-18-7-11-21(12-8-18)29-22(23,24)25/h5-14,16H,15H2,1-2H3. The number of aromatic nitrogens is 2. The van der Waals surface area contributed by atoms with Crippen molar-refractivity contribution in [2.24, 2.45) is 0 Å². The van der Waals surface area contributed by atoms with Crippen LogP contribution >= 0.6 is 0 Å². The Morgan fingerprint density at radius 2 is 1.57 bits per heavy atom. The molecule has 0 N–H and O–H groups in total. The van der Waals surface area contributed by atoms with Gasteiger partial charge in [0.15, 0.2) is 0 Å². The van der Waals surface area contributed by atoms with Gasteiger partial charge in [-0.3, -0.25) is 0 Å². The first-order valence-corrected chi connectivity index (χ1v) is 9.08. The second-order valence-corrected chi connectivity index (χ2v) is 6.54. The maximum absolute atomic E-state index is 12.2. The van der Waals surface area contributed by atoms with E-state index in [2.05, 4.69) is 21.7 Å². The molecule has 0 aliphatic carbocycles. The van der Waals surface area contributed by atoms with Crippen LogP contribution in [0.4, 0.5) is 13.2 Å². The molecule has 1 heterocycles. The Kier molecular flexibility index (Phi) is 6.52. The van der Waals surface area contributed by atoms with E-state index in [1.165, 1.54) is 29.1 Å². The van der Waals surface area contributed by atoms with Gasteiger partial charge in [0, 0.05) is 5.56 Å². The van der Waals surface area contributed by atoms with E-state index < -0.39 is 6.36 Å². The second-order valence-electron chi connectivity index (χ2n) is 6.54. The minimum atomic E-state index is -4.70. The quantitative estimate of drug-likeness (QED) is 0.551. The largest absolute Gasteiger partial charge is 0.573 e. The van der Waals surface area contributed by atoms with E-state index in [0.717, 1.165) is 11.1 Å². The Morgan fingerprint density at radius 1 is 0.933 bits per heavy atom. The van der Waals surface area contributed by atoms with E-state index in [1.54, 1.807) is 24.5 Å². The molecule has 0 fully saturated rings. The topological polar surface area (TPSA) is 45.5 Å². The van der Waals surface area contributed by atoms with Gasteiger partial charge in [0.1, 0.15) is 24.2 Å². The van der Waals surface area contributed by atoms with Crippen LogP contribution in [0.5, 0.6) is 11.5 Å². The fourth-order valence-corrected chi connectivity index (χ4v) is 2.38. The zero-order valence-corrected chi connectivity index (χ0v) is 16.3. The molecular formula is C22H19F3N2O3. The molecule has 2 aromatic carbocycles. The van der Waals surface area contributed by atoms with E-state index in [4.69, 9.17) is 9.57 Å². The van der Waals surface area contributed by atoms with E-state index in [-0.39, 0.29) is 18.5 Å². The number of ether oxygens (including phenoxy) is 2. The molecule has 0 bridgehead atoms. The highest BCUT2D eigenvalue weighted by molar-refractivity contribution is 5.43. The number of benzene rings is 2. The van der Waals surface area contributed by atoms with Crippen molar-refractivity contribution < 1.29 is 27.5 Å². The molecule has 8 heteroatoms. The number of rotatable bonds is 6. The summed E-state index contributed by atoms with van der Waals surface area (Å²) in [6.45, 7) is 4.04. The minimum absolute atomic E-state index is 0.0180. The molecule has 0 amide bonds. The summed E-state index contributed by atoms with van der Waals surface area (Å²) < 4.78 is 46.0. The first-order valence-electron chi connectivity index (χ1n) is 9.08. The molecule has 5 nitrogen and oxygen atoms in total. The molecule has 1 aromatic heterocycles. The number of nitrogens with zero attached hydrogens (tertiary/aromatic N) is 2. The van der Waals surface area contributed by atoms with Crippen molar-refractivity contribution in [3.63, 3.8) is 0 Å². The smallest absolute Gasteiger partial charge is 0.489 e. The lowest BCUT2D eigenvalue weighted by atomic mass is 10.2. The lowest BCUT2D eigenvalue weighted by Crippen LogP contribution is -2.19. The first kappa shape index (κ1) is 21.1. The van der Waals surface area contributed by atoms with Crippen molar-refractivity contribution >= 4 is 0 Å². The maximum atomic E-state index is 12.2. The Labute approximate surface area is 171 Å². The van der Waals surface area contributed by atoms with Crippen LogP contribution in [0.15, 0.2) is 60.9 Å². The van der Waals surface area contributed by atoms with Gasteiger partial charge in [0.2, 0.25) is 0 Å². The summed E-state index contributed by atoms with van der Waals surface area (Å²) in [6, 6.07) is 12.7. The predicted octanol–water partition coefficient (Wildman–Crippen LogP) is 4.60. The van der Waals surface area contributed by atoms with Gasteiger partial charge in [0.05, 0.1) is 18.0 Å². The summed E-state index contributed by atoms with van der Waals surface area (Å²) >= 11 is 0. The van der Waals surface area contributed by atoms with Crippen LogP contribution in [0.2, 0.25) is 0 Å². The molecule has 3 aromatic rings. The third-order valence-corrected chi connectivity index (χ3v) is 3.65. The van der Waals surface area contributed by atoms with Crippen LogP contribution in [-0.4, -0.2) is 22.4 Å². The van der Waals surface area contributed by atoms with E-state index in [0.29, 0.717) is 11.3 Å². The summed E-state index contributed by atoms with van der Waals surface area (Å²) in [7, 11) is 0. The van der Waals surface area contributed by atoms with Gasteiger partial charge in [0.25, 0.3) is 0 Å². The first-order chi connectivity index (χ1) is 14.3. The van der Waals surface area contributed by atoms with Crippen LogP contribution in [-0.2, 0) is 6.61 Å². The predicted molar refractivity (Wildman–Crippen MR) is 104 cm³/mol. The molecule has 156 valence electrons. The Bertz CT molecular complexity index is 1010. The Morgan fingerprint density at radius 3 is 2.20 bits per heavy atom. The van der Waals surface area contributed by atoms with Gasteiger partial charge < -0.3 is 14.3 Å². The average molecular weight is 416 g/mol. The van der Waals surface area contributed by atoms with Crippen LogP contribution in [0.3, 0.4) is 0 Å². The second kappa shape index (κ2) is 9.27. The lowest BCUT2D eigenvalue weighted by molar-refractivity contribution is -0.274. The summed E-state index contributed by atoms with van der Waals surface area (Å²) in [5.74, 6) is 6.39. The zero-order valence-electron chi connectivity index (χ0n) is 16.3. The van der Waals surface area contributed by atoms with Gasteiger partial charge in [-0.2, -0.15) is 0 Å².